The van der Waals surface area contributed by atoms with E-state index in [2.05, 4.69) is 6.92 Å². The van der Waals surface area contributed by atoms with E-state index in [0.29, 0.717) is 30.6 Å². The molecule has 0 bridgehead atoms. The summed E-state index contributed by atoms with van der Waals surface area (Å²) in [6.07, 6.45) is 7.84. The van der Waals surface area contributed by atoms with Crippen LogP contribution in [0.4, 0.5) is 26.3 Å². The summed E-state index contributed by atoms with van der Waals surface area (Å²) >= 11 is 0. The van der Waals surface area contributed by atoms with E-state index in [1.165, 1.54) is 55.5 Å². The van der Waals surface area contributed by atoms with Crippen molar-refractivity contribution in [1.82, 2.24) is 0 Å². The van der Waals surface area contributed by atoms with Crippen molar-refractivity contribution in [2.24, 2.45) is 5.92 Å². The minimum absolute atomic E-state index is 0.0135. The van der Waals surface area contributed by atoms with Crippen molar-refractivity contribution in [3.8, 4) is 39.5 Å². The van der Waals surface area contributed by atoms with Crippen molar-refractivity contribution in [2.45, 2.75) is 72.1 Å². The minimum atomic E-state index is -1.16. The molecule has 0 aliphatic rings. The summed E-state index contributed by atoms with van der Waals surface area (Å²) in [5.41, 5.74) is -0.208. The van der Waals surface area contributed by atoms with Crippen LogP contribution in [0, 0.1) is 47.7 Å². The summed E-state index contributed by atoms with van der Waals surface area (Å²) in [6.45, 7) is 6.38. The fourth-order valence-electron chi connectivity index (χ4n) is 5.54. The van der Waals surface area contributed by atoms with Crippen LogP contribution in [0.3, 0.4) is 0 Å². The molecular weight excluding hydrogens is 630 g/mol. The van der Waals surface area contributed by atoms with Crippen LogP contribution in [0.15, 0.2) is 60.7 Å². The van der Waals surface area contributed by atoms with Gasteiger partial charge in [0.25, 0.3) is 0 Å². The zero-order chi connectivity index (χ0) is 34.6. The first kappa shape index (κ1) is 36.7. The zero-order valence-corrected chi connectivity index (χ0v) is 27.6. The number of ether oxygens (including phenoxy) is 3. The van der Waals surface area contributed by atoms with Gasteiger partial charge in [-0.2, -0.15) is 4.39 Å². The molecule has 0 spiro atoms. The molecule has 4 rings (SSSR count). The maximum atomic E-state index is 14.7. The van der Waals surface area contributed by atoms with Crippen molar-refractivity contribution in [1.29, 1.82) is 0 Å². The summed E-state index contributed by atoms with van der Waals surface area (Å²) in [7, 11) is 0. The average molecular weight is 673 g/mol. The van der Waals surface area contributed by atoms with Crippen molar-refractivity contribution in [2.75, 3.05) is 19.8 Å². The van der Waals surface area contributed by atoms with E-state index in [1.807, 2.05) is 0 Å². The molecule has 3 nitrogen and oxygen atoms in total. The number of halogens is 6. The fourth-order valence-corrected chi connectivity index (χ4v) is 5.54. The zero-order valence-electron chi connectivity index (χ0n) is 27.6. The monoisotopic (exact) mass is 672 g/mol. The SMILES string of the molecule is CCOc1ccc(-c2ccc(OCCCCCC(C)CCCCCOc3ccc(-c4ccc(C)c(F)c4F)c(F)c3)cc2F)c(F)c1F. The second kappa shape index (κ2) is 17.9. The Hall–Kier alpha value is -4.14. The molecule has 4 aromatic rings. The van der Waals surface area contributed by atoms with Crippen molar-refractivity contribution in [3.05, 3.63) is 101 Å². The summed E-state index contributed by atoms with van der Waals surface area (Å²) in [5, 5.41) is 0. The fraction of sp³-hybridized carbons (Fsp3) is 0.385. The highest BCUT2D eigenvalue weighted by molar-refractivity contribution is 5.67. The Kier molecular flexibility index (Phi) is 13.6. The Morgan fingerprint density at radius 2 is 1.00 bits per heavy atom. The summed E-state index contributed by atoms with van der Waals surface area (Å²) in [6, 6.07) is 13.7. The van der Waals surface area contributed by atoms with E-state index in [0.717, 1.165) is 51.4 Å². The summed E-state index contributed by atoms with van der Waals surface area (Å²) in [5.74, 6) is -4.69. The summed E-state index contributed by atoms with van der Waals surface area (Å²) in [4.78, 5) is 0. The second-order valence-electron chi connectivity index (χ2n) is 12.0. The van der Waals surface area contributed by atoms with Crippen LogP contribution < -0.4 is 14.2 Å². The van der Waals surface area contributed by atoms with Crippen LogP contribution in [-0.4, -0.2) is 19.8 Å². The topological polar surface area (TPSA) is 27.7 Å². The third-order valence-electron chi connectivity index (χ3n) is 8.30. The summed E-state index contributed by atoms with van der Waals surface area (Å²) < 4.78 is 103. The largest absolute Gasteiger partial charge is 0.493 e. The first-order valence-corrected chi connectivity index (χ1v) is 16.5. The van der Waals surface area contributed by atoms with Crippen LogP contribution in [-0.2, 0) is 0 Å². The predicted octanol–water partition coefficient (Wildman–Crippen LogP) is 11.8. The van der Waals surface area contributed by atoms with Gasteiger partial charge in [-0.1, -0.05) is 57.6 Å². The highest BCUT2D eigenvalue weighted by Gasteiger charge is 2.19. The Morgan fingerprint density at radius 1 is 0.521 bits per heavy atom. The van der Waals surface area contributed by atoms with Crippen LogP contribution in [0.25, 0.3) is 22.3 Å². The second-order valence-corrected chi connectivity index (χ2v) is 12.0. The number of unbranched alkanes of at least 4 members (excludes halogenated alkanes) is 4. The van der Waals surface area contributed by atoms with E-state index in [-0.39, 0.29) is 40.2 Å². The molecule has 0 aromatic heterocycles. The number of hydrogen-bond donors (Lipinski definition) is 0. The lowest BCUT2D eigenvalue weighted by Gasteiger charge is -2.13. The van der Waals surface area contributed by atoms with Gasteiger partial charge in [0.1, 0.15) is 23.1 Å². The smallest absolute Gasteiger partial charge is 0.201 e. The molecule has 9 heteroatoms. The lowest BCUT2D eigenvalue weighted by molar-refractivity contribution is 0.296. The lowest BCUT2D eigenvalue weighted by Crippen LogP contribution is -2.01. The third-order valence-corrected chi connectivity index (χ3v) is 8.30. The molecule has 0 saturated heterocycles. The molecule has 1 unspecified atom stereocenters. The average Bonchev–Trinajstić information content (AvgIpc) is 3.06. The van der Waals surface area contributed by atoms with E-state index in [4.69, 9.17) is 14.2 Å². The molecule has 258 valence electrons. The Bertz CT molecular complexity index is 1660. The molecular formula is C39H42F6O3. The predicted molar refractivity (Wildman–Crippen MR) is 176 cm³/mol. The molecule has 0 heterocycles. The molecule has 0 aliphatic heterocycles. The van der Waals surface area contributed by atoms with Gasteiger partial charge in [-0.25, -0.2) is 22.0 Å². The number of rotatable bonds is 18. The van der Waals surface area contributed by atoms with Gasteiger partial charge in [0.05, 0.1) is 19.8 Å². The van der Waals surface area contributed by atoms with Gasteiger partial charge in [0.15, 0.2) is 23.2 Å². The van der Waals surface area contributed by atoms with Gasteiger partial charge in [-0.3, -0.25) is 0 Å². The molecule has 0 amide bonds. The van der Waals surface area contributed by atoms with Gasteiger partial charge in [0.2, 0.25) is 5.82 Å². The molecule has 4 aromatic carbocycles. The molecule has 0 aliphatic carbocycles. The van der Waals surface area contributed by atoms with Gasteiger partial charge in [-0.15, -0.1) is 0 Å². The number of hydrogen-bond acceptors (Lipinski definition) is 3. The standard InChI is InChI=1S/C39H42F6O3/c1-4-46-35-20-19-32(38(44)39(35)45)30-18-15-28(24-34(30)41)48-22-10-6-8-12-25(2)11-7-5-9-21-47-27-14-17-29(33(40)23-27)31-16-13-26(3)36(42)37(31)43/h13-20,23-25H,4-12,21-22H2,1-3H3. The van der Waals surface area contributed by atoms with Crippen molar-refractivity contribution in [3.63, 3.8) is 0 Å². The van der Waals surface area contributed by atoms with Crippen LogP contribution in [0.2, 0.25) is 0 Å². The third kappa shape index (κ3) is 9.70. The van der Waals surface area contributed by atoms with Gasteiger partial charge < -0.3 is 14.2 Å². The lowest BCUT2D eigenvalue weighted by atomic mass is 9.97. The Labute approximate surface area is 278 Å². The Morgan fingerprint density at radius 3 is 1.50 bits per heavy atom. The Balaban J connectivity index is 1.07. The normalized spacial score (nSPS) is 11.9. The van der Waals surface area contributed by atoms with Crippen LogP contribution >= 0.6 is 0 Å². The van der Waals surface area contributed by atoms with E-state index >= 15 is 0 Å². The molecule has 0 fully saturated rings. The minimum Gasteiger partial charge on any atom is -0.493 e. The quantitative estimate of drug-likeness (QED) is 0.0778. The first-order chi connectivity index (χ1) is 23.1. The highest BCUT2D eigenvalue weighted by atomic mass is 19.2. The molecule has 1 atom stereocenters. The molecule has 0 saturated carbocycles. The van der Waals surface area contributed by atoms with Crippen LogP contribution in [0.5, 0.6) is 17.2 Å². The molecule has 0 radical (unpaired) electrons. The van der Waals surface area contributed by atoms with E-state index in [1.54, 1.807) is 19.1 Å². The van der Waals surface area contributed by atoms with Crippen molar-refractivity contribution >= 4 is 0 Å². The highest BCUT2D eigenvalue weighted by Crippen LogP contribution is 2.33. The van der Waals surface area contributed by atoms with Gasteiger partial charge in [0, 0.05) is 34.4 Å². The molecule has 0 N–H and O–H groups in total. The van der Waals surface area contributed by atoms with Gasteiger partial charge >= 0.3 is 0 Å². The van der Waals surface area contributed by atoms with Crippen LogP contribution in [0.1, 0.15) is 70.8 Å². The van der Waals surface area contributed by atoms with Crippen molar-refractivity contribution < 1.29 is 40.6 Å². The maximum absolute atomic E-state index is 14.7. The van der Waals surface area contributed by atoms with Gasteiger partial charge in [-0.05, 0) is 74.6 Å². The first-order valence-electron chi connectivity index (χ1n) is 16.5. The number of benzene rings is 4. The van der Waals surface area contributed by atoms with E-state index < -0.39 is 34.9 Å². The van der Waals surface area contributed by atoms with E-state index in [9.17, 15) is 26.3 Å². The maximum Gasteiger partial charge on any atom is 0.201 e. The molecule has 48 heavy (non-hydrogen) atoms. The number of aryl methyl sites for hydroxylation is 1.